The number of benzene rings is 1. The molecule has 1 atom stereocenters. The molecule has 94 valence electrons. The second-order valence-electron chi connectivity index (χ2n) is 4.39. The van der Waals surface area contributed by atoms with Crippen LogP contribution in [0.5, 0.6) is 5.75 Å². The van der Waals surface area contributed by atoms with Gasteiger partial charge in [-0.2, -0.15) is 0 Å². The van der Waals surface area contributed by atoms with E-state index in [4.69, 9.17) is 15.6 Å². The van der Waals surface area contributed by atoms with Crippen LogP contribution in [0.1, 0.15) is 12.8 Å². The molecule has 0 amide bonds. The van der Waals surface area contributed by atoms with Crippen molar-refractivity contribution in [2.75, 3.05) is 31.2 Å². The second-order valence-corrected chi connectivity index (χ2v) is 4.39. The SMILES string of the molecule is NC(CO)CCN1CCCOc2ccccc21. The van der Waals surface area contributed by atoms with Gasteiger partial charge < -0.3 is 20.5 Å². The number of nitrogens with zero attached hydrogens (tertiary/aromatic N) is 1. The van der Waals surface area contributed by atoms with Gasteiger partial charge in [0.1, 0.15) is 5.75 Å². The first-order valence-corrected chi connectivity index (χ1v) is 6.14. The number of rotatable bonds is 4. The molecular formula is C13H20N2O2. The van der Waals surface area contributed by atoms with Crippen LogP contribution in [-0.4, -0.2) is 37.5 Å². The summed E-state index contributed by atoms with van der Waals surface area (Å²) < 4.78 is 5.69. The van der Waals surface area contributed by atoms with Gasteiger partial charge in [0.2, 0.25) is 0 Å². The lowest BCUT2D eigenvalue weighted by Gasteiger charge is -2.24. The van der Waals surface area contributed by atoms with Crippen LogP contribution in [0.15, 0.2) is 24.3 Å². The maximum absolute atomic E-state index is 8.95. The first-order chi connectivity index (χ1) is 8.31. The Hall–Kier alpha value is -1.26. The van der Waals surface area contributed by atoms with E-state index in [2.05, 4.69) is 11.0 Å². The highest BCUT2D eigenvalue weighted by molar-refractivity contribution is 5.58. The first kappa shape index (κ1) is 12.2. The van der Waals surface area contributed by atoms with Crippen molar-refractivity contribution in [1.29, 1.82) is 0 Å². The number of aliphatic hydroxyl groups is 1. The first-order valence-electron chi connectivity index (χ1n) is 6.14. The van der Waals surface area contributed by atoms with Crippen LogP contribution in [0.3, 0.4) is 0 Å². The maximum Gasteiger partial charge on any atom is 0.142 e. The predicted octanol–water partition coefficient (Wildman–Crippen LogP) is 0.985. The van der Waals surface area contributed by atoms with Crippen LogP contribution in [0.2, 0.25) is 0 Å². The Morgan fingerprint density at radius 3 is 3.06 bits per heavy atom. The number of fused-ring (bicyclic) bond motifs is 1. The van der Waals surface area contributed by atoms with Gasteiger partial charge in [-0.3, -0.25) is 0 Å². The topological polar surface area (TPSA) is 58.7 Å². The summed E-state index contributed by atoms with van der Waals surface area (Å²) in [5, 5.41) is 8.95. The Morgan fingerprint density at radius 2 is 2.24 bits per heavy atom. The van der Waals surface area contributed by atoms with Gasteiger partial charge in [0.05, 0.1) is 18.9 Å². The number of hydrogen-bond donors (Lipinski definition) is 2. The molecule has 0 spiro atoms. The molecule has 4 heteroatoms. The summed E-state index contributed by atoms with van der Waals surface area (Å²) in [6, 6.07) is 7.95. The molecule has 1 aromatic carbocycles. The second kappa shape index (κ2) is 5.89. The molecule has 17 heavy (non-hydrogen) atoms. The molecule has 1 aliphatic rings. The van der Waals surface area contributed by atoms with Crippen molar-refractivity contribution in [3.63, 3.8) is 0 Å². The molecule has 0 saturated heterocycles. The Kier molecular flexibility index (Phi) is 4.23. The van der Waals surface area contributed by atoms with Crippen molar-refractivity contribution in [2.45, 2.75) is 18.9 Å². The molecule has 2 rings (SSSR count). The van der Waals surface area contributed by atoms with E-state index in [9.17, 15) is 0 Å². The number of aliphatic hydroxyl groups excluding tert-OH is 1. The van der Waals surface area contributed by atoms with Crippen LogP contribution in [-0.2, 0) is 0 Å². The molecule has 0 radical (unpaired) electrons. The summed E-state index contributed by atoms with van der Waals surface area (Å²) in [6.07, 6.45) is 1.81. The van der Waals surface area contributed by atoms with Gasteiger partial charge in [0, 0.05) is 19.1 Å². The van der Waals surface area contributed by atoms with Crippen LogP contribution in [0.25, 0.3) is 0 Å². The monoisotopic (exact) mass is 236 g/mol. The molecule has 0 aliphatic carbocycles. The number of anilines is 1. The van der Waals surface area contributed by atoms with Gasteiger partial charge in [-0.1, -0.05) is 12.1 Å². The number of para-hydroxylation sites is 2. The van der Waals surface area contributed by atoms with Gasteiger partial charge in [0.25, 0.3) is 0 Å². The van der Waals surface area contributed by atoms with Crippen molar-refractivity contribution in [2.24, 2.45) is 5.73 Å². The zero-order chi connectivity index (χ0) is 12.1. The highest BCUT2D eigenvalue weighted by Gasteiger charge is 2.16. The lowest BCUT2D eigenvalue weighted by atomic mass is 10.2. The summed E-state index contributed by atoms with van der Waals surface area (Å²) in [5.41, 5.74) is 6.88. The lowest BCUT2D eigenvalue weighted by molar-refractivity contribution is 0.260. The minimum absolute atomic E-state index is 0.0476. The molecule has 1 aliphatic heterocycles. The molecule has 4 nitrogen and oxygen atoms in total. The largest absolute Gasteiger partial charge is 0.491 e. The lowest BCUT2D eigenvalue weighted by Crippen LogP contribution is -2.32. The van der Waals surface area contributed by atoms with Crippen LogP contribution < -0.4 is 15.4 Å². The average molecular weight is 236 g/mol. The van der Waals surface area contributed by atoms with E-state index in [-0.39, 0.29) is 12.6 Å². The van der Waals surface area contributed by atoms with Crippen molar-refractivity contribution in [3.8, 4) is 5.75 Å². The summed E-state index contributed by atoms with van der Waals surface area (Å²) in [4.78, 5) is 2.29. The minimum atomic E-state index is -0.133. The Morgan fingerprint density at radius 1 is 1.41 bits per heavy atom. The van der Waals surface area contributed by atoms with Gasteiger partial charge in [-0.05, 0) is 25.0 Å². The Bertz CT molecular complexity index is 357. The summed E-state index contributed by atoms with van der Waals surface area (Å²) >= 11 is 0. The molecule has 0 fully saturated rings. The van der Waals surface area contributed by atoms with E-state index in [1.165, 1.54) is 0 Å². The molecule has 0 saturated carbocycles. The van der Waals surface area contributed by atoms with Gasteiger partial charge in [-0.15, -0.1) is 0 Å². The van der Waals surface area contributed by atoms with Crippen molar-refractivity contribution in [1.82, 2.24) is 0 Å². The molecule has 1 aromatic rings. The van der Waals surface area contributed by atoms with Crippen LogP contribution >= 0.6 is 0 Å². The van der Waals surface area contributed by atoms with Crippen molar-refractivity contribution >= 4 is 5.69 Å². The van der Waals surface area contributed by atoms with E-state index >= 15 is 0 Å². The standard InChI is InChI=1S/C13H20N2O2/c14-11(10-16)6-8-15-7-3-9-17-13-5-2-1-4-12(13)15/h1-2,4-5,11,16H,3,6-10,14H2. The highest BCUT2D eigenvalue weighted by Crippen LogP contribution is 2.30. The summed E-state index contributed by atoms with van der Waals surface area (Å²) in [5.74, 6) is 0.947. The van der Waals surface area contributed by atoms with E-state index in [1.807, 2.05) is 18.2 Å². The van der Waals surface area contributed by atoms with E-state index in [0.717, 1.165) is 44.0 Å². The van der Waals surface area contributed by atoms with E-state index in [0.29, 0.717) is 0 Å². The molecule has 0 aromatic heterocycles. The third-order valence-electron chi connectivity index (χ3n) is 3.04. The summed E-state index contributed by atoms with van der Waals surface area (Å²) in [6.45, 7) is 2.66. The fourth-order valence-electron chi connectivity index (χ4n) is 2.04. The minimum Gasteiger partial charge on any atom is -0.491 e. The zero-order valence-corrected chi connectivity index (χ0v) is 10.0. The van der Waals surface area contributed by atoms with Gasteiger partial charge >= 0.3 is 0 Å². The van der Waals surface area contributed by atoms with Crippen LogP contribution in [0, 0.1) is 0 Å². The summed E-state index contributed by atoms with van der Waals surface area (Å²) in [7, 11) is 0. The maximum atomic E-state index is 8.95. The highest BCUT2D eigenvalue weighted by atomic mass is 16.5. The Labute approximate surface area is 102 Å². The van der Waals surface area contributed by atoms with Crippen molar-refractivity contribution < 1.29 is 9.84 Å². The number of nitrogens with two attached hydrogens (primary N) is 1. The predicted molar refractivity (Wildman–Crippen MR) is 68.4 cm³/mol. The quantitative estimate of drug-likeness (QED) is 0.818. The third kappa shape index (κ3) is 3.11. The van der Waals surface area contributed by atoms with Crippen molar-refractivity contribution in [3.05, 3.63) is 24.3 Å². The fraction of sp³-hybridized carbons (Fsp3) is 0.538. The molecule has 1 heterocycles. The van der Waals surface area contributed by atoms with E-state index < -0.39 is 0 Å². The number of ether oxygens (including phenoxy) is 1. The fourth-order valence-corrected chi connectivity index (χ4v) is 2.04. The normalized spacial score (nSPS) is 16.9. The Balaban J connectivity index is 2.06. The molecule has 3 N–H and O–H groups in total. The van der Waals surface area contributed by atoms with E-state index in [1.54, 1.807) is 0 Å². The number of hydrogen-bond acceptors (Lipinski definition) is 4. The average Bonchev–Trinajstić information content (AvgIpc) is 2.58. The van der Waals surface area contributed by atoms with Crippen LogP contribution in [0.4, 0.5) is 5.69 Å². The van der Waals surface area contributed by atoms with Gasteiger partial charge in [-0.25, -0.2) is 0 Å². The molecule has 1 unspecified atom stereocenters. The van der Waals surface area contributed by atoms with Gasteiger partial charge in [0.15, 0.2) is 0 Å². The smallest absolute Gasteiger partial charge is 0.142 e. The molecular weight excluding hydrogens is 216 g/mol. The third-order valence-corrected chi connectivity index (χ3v) is 3.04. The molecule has 0 bridgehead atoms. The zero-order valence-electron chi connectivity index (χ0n) is 10.0.